The first kappa shape index (κ1) is 9.83. The highest BCUT2D eigenvalue weighted by Gasteiger charge is 2.51. The van der Waals surface area contributed by atoms with Crippen molar-refractivity contribution in [1.82, 2.24) is 0 Å². The third-order valence-corrected chi connectivity index (χ3v) is 5.26. The first-order valence-corrected chi connectivity index (χ1v) is 6.59. The van der Waals surface area contributed by atoms with Crippen molar-refractivity contribution in [3.8, 4) is 0 Å². The predicted molar refractivity (Wildman–Crippen MR) is 59.4 cm³/mol. The molecule has 3 fully saturated rings. The van der Waals surface area contributed by atoms with E-state index in [9.17, 15) is 4.79 Å². The summed E-state index contributed by atoms with van der Waals surface area (Å²) in [7, 11) is 2.39. The molecule has 1 aliphatic heterocycles. The Morgan fingerprint density at radius 3 is 2.47 bits per heavy atom. The topological polar surface area (TPSA) is 17.1 Å². The molecule has 84 valence electrons. The van der Waals surface area contributed by atoms with Crippen molar-refractivity contribution in [1.29, 1.82) is 0 Å². The van der Waals surface area contributed by atoms with E-state index in [1.54, 1.807) is 0 Å². The number of carbonyl (C=O) groups is 1. The third-order valence-electron chi connectivity index (χ3n) is 5.26. The highest BCUT2D eigenvalue weighted by molar-refractivity contribution is 5.86. The molecule has 15 heavy (non-hydrogen) atoms. The van der Waals surface area contributed by atoms with Gasteiger partial charge < -0.3 is 4.48 Å². The Bertz CT molecular complexity index is 280. The van der Waals surface area contributed by atoms with E-state index in [1.807, 2.05) is 0 Å². The summed E-state index contributed by atoms with van der Waals surface area (Å²) in [5.74, 6) is 1.52. The second kappa shape index (κ2) is 3.31. The summed E-state index contributed by atoms with van der Waals surface area (Å²) in [6.45, 7) is 2.64. The van der Waals surface area contributed by atoms with Gasteiger partial charge in [0.1, 0.15) is 5.78 Å². The lowest BCUT2D eigenvalue weighted by Crippen LogP contribution is -2.55. The van der Waals surface area contributed by atoms with Crippen molar-refractivity contribution in [2.75, 3.05) is 20.1 Å². The van der Waals surface area contributed by atoms with Crippen molar-refractivity contribution in [3.05, 3.63) is 0 Å². The van der Waals surface area contributed by atoms with Crippen molar-refractivity contribution < 1.29 is 9.28 Å². The molecule has 3 unspecified atom stereocenters. The number of hydrogen-bond acceptors (Lipinski definition) is 1. The Morgan fingerprint density at radius 1 is 1.07 bits per heavy atom. The lowest BCUT2D eigenvalue weighted by molar-refractivity contribution is -0.925. The third kappa shape index (κ3) is 1.37. The zero-order chi connectivity index (χ0) is 10.5. The van der Waals surface area contributed by atoms with E-state index in [-0.39, 0.29) is 0 Å². The fourth-order valence-electron chi connectivity index (χ4n) is 4.35. The Morgan fingerprint density at radius 2 is 1.73 bits per heavy atom. The Hall–Kier alpha value is -0.370. The molecular weight excluding hydrogens is 186 g/mol. The van der Waals surface area contributed by atoms with Crippen molar-refractivity contribution >= 4 is 5.78 Å². The summed E-state index contributed by atoms with van der Waals surface area (Å²) in [5.41, 5.74) is 0. The molecule has 0 N–H and O–H groups in total. The van der Waals surface area contributed by atoms with Gasteiger partial charge in [-0.2, -0.15) is 0 Å². The van der Waals surface area contributed by atoms with Crippen LogP contribution in [0.25, 0.3) is 0 Å². The molecule has 3 rings (SSSR count). The smallest absolute Gasteiger partial charge is 0.144 e. The van der Waals surface area contributed by atoms with E-state index < -0.39 is 0 Å². The molecule has 0 aromatic carbocycles. The van der Waals surface area contributed by atoms with Gasteiger partial charge in [-0.15, -0.1) is 0 Å². The number of ketones is 1. The van der Waals surface area contributed by atoms with E-state index in [2.05, 4.69) is 7.05 Å². The number of hydrogen-bond donors (Lipinski definition) is 0. The fraction of sp³-hybridized carbons (Fsp3) is 0.923. The van der Waals surface area contributed by atoms with E-state index in [1.165, 1.54) is 56.1 Å². The van der Waals surface area contributed by atoms with Gasteiger partial charge in [0.2, 0.25) is 0 Å². The maximum Gasteiger partial charge on any atom is 0.144 e. The minimum absolute atomic E-state index is 0.437. The van der Waals surface area contributed by atoms with E-state index in [4.69, 9.17) is 0 Å². The van der Waals surface area contributed by atoms with Gasteiger partial charge in [0.05, 0.1) is 32.1 Å². The van der Waals surface area contributed by atoms with Crippen LogP contribution in [0.1, 0.15) is 38.5 Å². The van der Waals surface area contributed by atoms with Crippen LogP contribution in [0.3, 0.4) is 0 Å². The van der Waals surface area contributed by atoms with Crippen LogP contribution in [0.2, 0.25) is 0 Å². The van der Waals surface area contributed by atoms with Gasteiger partial charge in [0.25, 0.3) is 0 Å². The van der Waals surface area contributed by atoms with E-state index in [0.717, 1.165) is 0 Å². The average molecular weight is 208 g/mol. The molecule has 3 atom stereocenters. The monoisotopic (exact) mass is 208 g/mol. The molecule has 1 heterocycles. The first-order chi connectivity index (χ1) is 7.21. The van der Waals surface area contributed by atoms with Crippen molar-refractivity contribution in [2.24, 2.45) is 11.8 Å². The normalized spacial score (nSPS) is 43.5. The number of quaternary nitrogens is 1. The summed E-state index contributed by atoms with van der Waals surface area (Å²) in [4.78, 5) is 12.1. The van der Waals surface area contributed by atoms with Gasteiger partial charge in [-0.1, -0.05) is 0 Å². The van der Waals surface area contributed by atoms with Crippen LogP contribution in [0, 0.1) is 11.8 Å². The molecule has 1 saturated heterocycles. The number of carbonyl (C=O) groups excluding carboxylic acids is 1. The fourth-order valence-corrected chi connectivity index (χ4v) is 4.35. The second-order valence-electron chi connectivity index (χ2n) is 6.06. The number of nitrogens with zero attached hydrogens (tertiary/aromatic N) is 1. The number of rotatable bonds is 1. The summed E-state index contributed by atoms with van der Waals surface area (Å²) in [6, 6.07) is 0.679. The zero-order valence-corrected chi connectivity index (χ0v) is 9.74. The molecule has 0 radical (unpaired) electrons. The number of fused-ring (bicyclic) bond motifs is 2. The first-order valence-electron chi connectivity index (χ1n) is 6.59. The van der Waals surface area contributed by atoms with Gasteiger partial charge >= 0.3 is 0 Å². The lowest BCUT2D eigenvalue weighted by Gasteiger charge is -2.42. The van der Waals surface area contributed by atoms with E-state index >= 15 is 0 Å². The zero-order valence-electron chi connectivity index (χ0n) is 9.74. The molecule has 2 heteroatoms. The van der Waals surface area contributed by atoms with Crippen LogP contribution in [0.15, 0.2) is 0 Å². The molecule has 0 spiro atoms. The van der Waals surface area contributed by atoms with Crippen LogP contribution in [0.4, 0.5) is 0 Å². The van der Waals surface area contributed by atoms with Gasteiger partial charge in [-0.05, 0) is 19.3 Å². The summed E-state index contributed by atoms with van der Waals surface area (Å²) < 4.78 is 1.21. The molecule has 0 amide bonds. The Labute approximate surface area is 92.2 Å². The minimum Gasteiger partial charge on any atom is -0.323 e. The SMILES string of the molecule is C[N+]1(C2CCC3CCC2C3=O)CCCC1. The summed E-state index contributed by atoms with van der Waals surface area (Å²) in [5, 5.41) is 0. The summed E-state index contributed by atoms with van der Waals surface area (Å²) in [6.07, 6.45) is 7.64. The number of Topliss-reactive ketones (excluding diaryl/α,β-unsaturated/α-hetero) is 1. The van der Waals surface area contributed by atoms with E-state index in [0.29, 0.717) is 23.7 Å². The standard InChI is InChI=1S/C13H22NO/c1-14(8-2-3-9-14)12-7-5-10-4-6-11(12)13(10)15/h10-12H,2-9H2,1H3/q+1. The van der Waals surface area contributed by atoms with Crippen LogP contribution in [-0.2, 0) is 4.79 Å². The van der Waals surface area contributed by atoms with Crippen LogP contribution in [0.5, 0.6) is 0 Å². The second-order valence-corrected chi connectivity index (χ2v) is 6.06. The number of likely N-dealkylation sites (tertiary alicyclic amines) is 1. The minimum atomic E-state index is 0.437. The molecule has 3 aliphatic rings. The van der Waals surface area contributed by atoms with Crippen LogP contribution >= 0.6 is 0 Å². The molecule has 2 bridgehead atoms. The van der Waals surface area contributed by atoms with Gasteiger partial charge in [-0.3, -0.25) is 4.79 Å². The average Bonchev–Trinajstić information content (AvgIpc) is 2.72. The largest absolute Gasteiger partial charge is 0.323 e. The highest BCUT2D eigenvalue weighted by atomic mass is 16.1. The van der Waals surface area contributed by atoms with Gasteiger partial charge in [-0.25, -0.2) is 0 Å². The van der Waals surface area contributed by atoms with Crippen LogP contribution in [-0.4, -0.2) is 36.4 Å². The van der Waals surface area contributed by atoms with Crippen molar-refractivity contribution in [2.45, 2.75) is 44.6 Å². The molecule has 2 nitrogen and oxygen atoms in total. The maximum absolute atomic E-state index is 12.1. The molecule has 0 aromatic heterocycles. The molecule has 2 aliphatic carbocycles. The Kier molecular flexibility index (Phi) is 2.17. The quantitative estimate of drug-likeness (QED) is 0.602. The molecular formula is C13H22NO+. The van der Waals surface area contributed by atoms with Crippen LogP contribution < -0.4 is 0 Å². The van der Waals surface area contributed by atoms with Crippen molar-refractivity contribution in [3.63, 3.8) is 0 Å². The molecule has 0 aromatic rings. The Balaban J connectivity index is 1.84. The molecule has 2 saturated carbocycles. The summed E-state index contributed by atoms with van der Waals surface area (Å²) >= 11 is 0. The maximum atomic E-state index is 12.1. The van der Waals surface area contributed by atoms with Gasteiger partial charge in [0.15, 0.2) is 0 Å². The van der Waals surface area contributed by atoms with Gasteiger partial charge in [0, 0.05) is 25.2 Å². The predicted octanol–water partition coefficient (Wildman–Crippen LogP) is 1.98. The highest BCUT2D eigenvalue weighted by Crippen LogP contribution is 2.44. The lowest BCUT2D eigenvalue weighted by atomic mass is 9.82.